The molecule has 0 saturated heterocycles. The highest BCUT2D eigenvalue weighted by molar-refractivity contribution is 5.91. The van der Waals surface area contributed by atoms with Crippen LogP contribution in [0.3, 0.4) is 0 Å². The van der Waals surface area contributed by atoms with E-state index in [9.17, 15) is 9.90 Å². The van der Waals surface area contributed by atoms with E-state index in [1.54, 1.807) is 28.9 Å². The van der Waals surface area contributed by atoms with Gasteiger partial charge in [0.25, 0.3) is 5.91 Å². The van der Waals surface area contributed by atoms with E-state index in [0.29, 0.717) is 18.0 Å². The molecule has 1 atom stereocenters. The Balaban J connectivity index is 1.95. The molecule has 0 saturated carbocycles. The molecule has 0 radical (unpaired) electrons. The van der Waals surface area contributed by atoms with Gasteiger partial charge in [-0.1, -0.05) is 19.1 Å². The quantitative estimate of drug-likeness (QED) is 0.841. The number of nitrogens with one attached hydrogen (secondary N) is 1. The zero-order valence-corrected chi connectivity index (χ0v) is 15.5. The maximum absolute atomic E-state index is 12.2. The predicted molar refractivity (Wildman–Crippen MR) is 97.8 cm³/mol. The van der Waals surface area contributed by atoms with Crippen molar-refractivity contribution in [2.24, 2.45) is 0 Å². The highest BCUT2D eigenvalue weighted by Crippen LogP contribution is 2.22. The largest absolute Gasteiger partial charge is 0.484 e. The minimum atomic E-state index is -0.474. The Hall–Kier alpha value is -2.34. The van der Waals surface area contributed by atoms with Crippen molar-refractivity contribution in [1.82, 2.24) is 9.78 Å². The number of aromatic nitrogens is 2. The van der Waals surface area contributed by atoms with E-state index in [2.05, 4.69) is 10.4 Å². The number of aliphatic hydroxyl groups excluding tert-OH is 1. The van der Waals surface area contributed by atoms with Gasteiger partial charge in [-0.3, -0.25) is 4.79 Å². The Morgan fingerprint density at radius 1 is 1.32 bits per heavy atom. The first-order valence-corrected chi connectivity index (χ1v) is 8.48. The first-order valence-electron chi connectivity index (χ1n) is 8.48. The molecule has 1 unspecified atom stereocenters. The van der Waals surface area contributed by atoms with Gasteiger partial charge < -0.3 is 15.2 Å². The molecule has 0 aliphatic heterocycles. The van der Waals surface area contributed by atoms with Crippen molar-refractivity contribution in [3.63, 3.8) is 0 Å². The SMILES string of the molecule is CCC(O)c1ccc(OCC(=O)Nc2cc(C)nn2C(C)(C)C)cc1. The average Bonchev–Trinajstić information content (AvgIpc) is 2.93. The molecule has 0 spiro atoms. The molecule has 1 aromatic carbocycles. The summed E-state index contributed by atoms with van der Waals surface area (Å²) in [6.45, 7) is 9.79. The van der Waals surface area contributed by atoms with E-state index >= 15 is 0 Å². The van der Waals surface area contributed by atoms with Crippen LogP contribution in [-0.4, -0.2) is 27.4 Å². The van der Waals surface area contributed by atoms with E-state index in [0.717, 1.165) is 11.3 Å². The molecule has 2 aromatic rings. The Labute approximate surface area is 148 Å². The van der Waals surface area contributed by atoms with Crippen molar-refractivity contribution in [2.75, 3.05) is 11.9 Å². The number of carbonyl (C=O) groups excluding carboxylic acids is 1. The summed E-state index contributed by atoms with van der Waals surface area (Å²) in [4.78, 5) is 12.2. The Bertz CT molecular complexity index is 715. The van der Waals surface area contributed by atoms with E-state index in [-0.39, 0.29) is 18.1 Å². The van der Waals surface area contributed by atoms with Gasteiger partial charge in [0, 0.05) is 6.07 Å². The van der Waals surface area contributed by atoms with Crippen LogP contribution in [-0.2, 0) is 10.3 Å². The highest BCUT2D eigenvalue weighted by Gasteiger charge is 2.20. The molecular weight excluding hydrogens is 318 g/mol. The third kappa shape index (κ3) is 5.06. The van der Waals surface area contributed by atoms with Gasteiger partial charge in [0.2, 0.25) is 0 Å². The number of amides is 1. The summed E-state index contributed by atoms with van der Waals surface area (Å²) in [5.41, 5.74) is 1.45. The second kappa shape index (κ2) is 7.70. The summed E-state index contributed by atoms with van der Waals surface area (Å²) < 4.78 is 7.31. The summed E-state index contributed by atoms with van der Waals surface area (Å²) in [5, 5.41) is 17.1. The van der Waals surface area contributed by atoms with E-state index in [1.165, 1.54) is 0 Å². The Kier molecular flexibility index (Phi) is 5.85. The molecule has 0 aliphatic rings. The van der Waals surface area contributed by atoms with E-state index in [4.69, 9.17) is 4.74 Å². The fourth-order valence-electron chi connectivity index (χ4n) is 2.45. The third-order valence-corrected chi connectivity index (χ3v) is 3.76. The van der Waals surface area contributed by atoms with Crippen molar-refractivity contribution in [2.45, 2.75) is 52.7 Å². The number of nitrogens with zero attached hydrogens (tertiary/aromatic N) is 2. The number of benzene rings is 1. The molecule has 1 amide bonds. The number of aryl methyl sites for hydroxylation is 1. The second-order valence-corrected chi connectivity index (χ2v) is 7.08. The molecule has 0 fully saturated rings. The molecule has 2 N–H and O–H groups in total. The monoisotopic (exact) mass is 345 g/mol. The molecule has 0 aliphatic carbocycles. The van der Waals surface area contributed by atoms with Gasteiger partial charge in [0.15, 0.2) is 6.61 Å². The minimum Gasteiger partial charge on any atom is -0.484 e. The van der Waals surface area contributed by atoms with Gasteiger partial charge in [-0.2, -0.15) is 5.10 Å². The lowest BCUT2D eigenvalue weighted by Gasteiger charge is -2.22. The van der Waals surface area contributed by atoms with Gasteiger partial charge in [-0.15, -0.1) is 0 Å². The molecule has 0 bridgehead atoms. The topological polar surface area (TPSA) is 76.4 Å². The molecule has 1 aromatic heterocycles. The van der Waals surface area contributed by atoms with E-state index < -0.39 is 6.10 Å². The molecule has 136 valence electrons. The minimum absolute atomic E-state index is 0.0932. The fraction of sp³-hybridized carbons (Fsp3) is 0.474. The predicted octanol–water partition coefficient (Wildman–Crippen LogP) is 3.41. The van der Waals surface area contributed by atoms with Crippen LogP contribution in [0.15, 0.2) is 30.3 Å². The van der Waals surface area contributed by atoms with E-state index in [1.807, 2.05) is 40.7 Å². The standard InChI is InChI=1S/C19H27N3O3/c1-6-16(23)14-7-9-15(10-8-14)25-12-18(24)20-17-11-13(2)21-22(17)19(3,4)5/h7-11,16,23H,6,12H2,1-5H3,(H,20,24). The lowest BCUT2D eigenvalue weighted by atomic mass is 10.1. The van der Waals surface area contributed by atoms with Crippen LogP contribution < -0.4 is 10.1 Å². The van der Waals surface area contributed by atoms with Crippen LogP contribution in [0.4, 0.5) is 5.82 Å². The maximum atomic E-state index is 12.2. The lowest BCUT2D eigenvalue weighted by molar-refractivity contribution is -0.118. The molecule has 1 heterocycles. The first kappa shape index (κ1) is 19.0. The van der Waals surface area contributed by atoms with Crippen molar-refractivity contribution >= 4 is 11.7 Å². The van der Waals surface area contributed by atoms with Crippen molar-refractivity contribution < 1.29 is 14.6 Å². The molecule has 2 rings (SSSR count). The van der Waals surface area contributed by atoms with Crippen LogP contribution in [0.5, 0.6) is 5.75 Å². The number of hydrogen-bond donors (Lipinski definition) is 2. The Morgan fingerprint density at radius 2 is 1.96 bits per heavy atom. The molecule has 6 nitrogen and oxygen atoms in total. The van der Waals surface area contributed by atoms with Gasteiger partial charge in [0.1, 0.15) is 11.6 Å². The van der Waals surface area contributed by atoms with Crippen LogP contribution in [0.25, 0.3) is 0 Å². The van der Waals surface area contributed by atoms with Gasteiger partial charge in [-0.05, 0) is 51.8 Å². The smallest absolute Gasteiger partial charge is 0.263 e. The van der Waals surface area contributed by atoms with Crippen molar-refractivity contribution in [3.8, 4) is 5.75 Å². The number of rotatable bonds is 6. The summed E-state index contributed by atoms with van der Waals surface area (Å²) in [6, 6.07) is 8.96. The number of anilines is 1. The highest BCUT2D eigenvalue weighted by atomic mass is 16.5. The first-order chi connectivity index (χ1) is 11.7. The third-order valence-electron chi connectivity index (χ3n) is 3.76. The summed E-state index contributed by atoms with van der Waals surface area (Å²) >= 11 is 0. The normalized spacial score (nSPS) is 12.7. The second-order valence-electron chi connectivity index (χ2n) is 7.08. The number of aliphatic hydroxyl groups is 1. The average molecular weight is 345 g/mol. The zero-order chi connectivity index (χ0) is 18.6. The summed E-state index contributed by atoms with van der Waals surface area (Å²) in [6.07, 6.45) is 0.182. The number of carbonyl (C=O) groups is 1. The summed E-state index contributed by atoms with van der Waals surface area (Å²) in [5.74, 6) is 0.991. The van der Waals surface area contributed by atoms with Crippen molar-refractivity contribution in [1.29, 1.82) is 0 Å². The van der Waals surface area contributed by atoms with Crippen molar-refractivity contribution in [3.05, 3.63) is 41.6 Å². The molecule has 25 heavy (non-hydrogen) atoms. The van der Waals surface area contributed by atoms with Gasteiger partial charge in [-0.25, -0.2) is 4.68 Å². The Morgan fingerprint density at radius 3 is 2.52 bits per heavy atom. The lowest BCUT2D eigenvalue weighted by Crippen LogP contribution is -2.28. The van der Waals surface area contributed by atoms with Gasteiger partial charge in [0.05, 0.1) is 17.3 Å². The molecular formula is C19H27N3O3. The number of hydrogen-bond acceptors (Lipinski definition) is 4. The summed E-state index contributed by atoms with van der Waals surface area (Å²) in [7, 11) is 0. The number of ether oxygens (including phenoxy) is 1. The zero-order valence-electron chi connectivity index (χ0n) is 15.5. The van der Waals surface area contributed by atoms with Crippen LogP contribution in [0, 0.1) is 6.92 Å². The fourth-order valence-corrected chi connectivity index (χ4v) is 2.45. The molecule has 6 heteroatoms. The van der Waals surface area contributed by atoms with Crippen LogP contribution in [0.1, 0.15) is 51.5 Å². The van der Waals surface area contributed by atoms with Crippen LogP contribution in [0.2, 0.25) is 0 Å². The van der Waals surface area contributed by atoms with Crippen LogP contribution >= 0.6 is 0 Å². The van der Waals surface area contributed by atoms with Gasteiger partial charge >= 0.3 is 0 Å². The maximum Gasteiger partial charge on any atom is 0.263 e.